The van der Waals surface area contributed by atoms with Gasteiger partial charge in [0.1, 0.15) is 12.3 Å². The fraction of sp³-hybridized carbons (Fsp3) is 0.478. The SMILES string of the molecule is CC[C@@H](C)N(CC(=O)N(Cc1ccco1)C[C@@H]1CCCO1)C(=O)c1ccc([N+](=O)[O-])cc1Cl. The highest BCUT2D eigenvalue weighted by Crippen LogP contribution is 2.25. The van der Waals surface area contributed by atoms with Crippen molar-refractivity contribution in [3.8, 4) is 0 Å². The minimum atomic E-state index is -0.576. The molecule has 1 aromatic heterocycles. The van der Waals surface area contributed by atoms with E-state index in [0.29, 0.717) is 25.3 Å². The molecule has 1 fully saturated rings. The van der Waals surface area contributed by atoms with Crippen LogP contribution in [0, 0.1) is 10.1 Å². The number of halogens is 1. The normalized spacial score (nSPS) is 16.4. The quantitative estimate of drug-likeness (QED) is 0.373. The molecule has 2 atom stereocenters. The molecule has 0 N–H and O–H groups in total. The van der Waals surface area contributed by atoms with Crippen LogP contribution in [0.1, 0.15) is 49.2 Å². The maximum atomic E-state index is 13.4. The lowest BCUT2D eigenvalue weighted by Crippen LogP contribution is -2.48. The molecule has 10 heteroatoms. The van der Waals surface area contributed by atoms with Crippen LogP contribution in [0.15, 0.2) is 41.0 Å². The van der Waals surface area contributed by atoms with Crippen LogP contribution in [0.5, 0.6) is 0 Å². The van der Waals surface area contributed by atoms with Gasteiger partial charge in [0.25, 0.3) is 11.6 Å². The van der Waals surface area contributed by atoms with Crippen LogP contribution in [-0.4, -0.2) is 58.4 Å². The summed E-state index contributed by atoms with van der Waals surface area (Å²) in [5, 5.41) is 11.0. The first-order valence-corrected chi connectivity index (χ1v) is 11.3. The summed E-state index contributed by atoms with van der Waals surface area (Å²) < 4.78 is 11.1. The van der Waals surface area contributed by atoms with Crippen LogP contribution >= 0.6 is 11.6 Å². The van der Waals surface area contributed by atoms with E-state index in [-0.39, 0.29) is 47.4 Å². The molecule has 0 unspecified atom stereocenters. The fourth-order valence-electron chi connectivity index (χ4n) is 3.72. The summed E-state index contributed by atoms with van der Waals surface area (Å²) in [5.41, 5.74) is -0.0871. The Morgan fingerprint density at radius 3 is 2.70 bits per heavy atom. The monoisotopic (exact) mass is 477 g/mol. The second-order valence-electron chi connectivity index (χ2n) is 8.10. The number of hydrogen-bond donors (Lipinski definition) is 0. The van der Waals surface area contributed by atoms with Crippen LogP contribution in [0.3, 0.4) is 0 Å². The number of ether oxygens (including phenoxy) is 1. The number of nitro groups is 1. The molecule has 0 saturated carbocycles. The predicted octanol–water partition coefficient (Wildman–Crippen LogP) is 4.29. The highest BCUT2D eigenvalue weighted by molar-refractivity contribution is 6.34. The molecule has 178 valence electrons. The number of nitro benzene ring substituents is 1. The van der Waals surface area contributed by atoms with Gasteiger partial charge >= 0.3 is 0 Å². The molecule has 1 aliphatic rings. The smallest absolute Gasteiger partial charge is 0.270 e. The highest BCUT2D eigenvalue weighted by atomic mass is 35.5. The Balaban J connectivity index is 1.81. The molecule has 2 amide bonds. The molecule has 1 aromatic carbocycles. The Kier molecular flexibility index (Phi) is 8.46. The number of benzene rings is 1. The van der Waals surface area contributed by atoms with Crippen LogP contribution in [0.25, 0.3) is 0 Å². The average molecular weight is 478 g/mol. The Hall–Kier alpha value is -2.91. The van der Waals surface area contributed by atoms with Crippen LogP contribution < -0.4 is 0 Å². The van der Waals surface area contributed by atoms with Gasteiger partial charge < -0.3 is 19.0 Å². The largest absolute Gasteiger partial charge is 0.467 e. The molecule has 2 heterocycles. The molecule has 33 heavy (non-hydrogen) atoms. The molecule has 0 radical (unpaired) electrons. The molecule has 0 aliphatic carbocycles. The lowest BCUT2D eigenvalue weighted by atomic mass is 10.1. The number of nitrogens with zero attached hydrogens (tertiary/aromatic N) is 3. The van der Waals surface area contributed by atoms with Gasteiger partial charge in [0, 0.05) is 31.3 Å². The number of amides is 2. The lowest BCUT2D eigenvalue weighted by molar-refractivity contribution is -0.384. The summed E-state index contributed by atoms with van der Waals surface area (Å²) in [6.45, 7) is 4.95. The minimum Gasteiger partial charge on any atom is -0.467 e. The van der Waals surface area contributed by atoms with E-state index < -0.39 is 10.8 Å². The van der Waals surface area contributed by atoms with E-state index in [4.69, 9.17) is 20.8 Å². The van der Waals surface area contributed by atoms with Crippen molar-refractivity contribution >= 4 is 29.1 Å². The third-order valence-electron chi connectivity index (χ3n) is 5.81. The summed E-state index contributed by atoms with van der Waals surface area (Å²) in [4.78, 5) is 40.2. The lowest BCUT2D eigenvalue weighted by Gasteiger charge is -2.32. The van der Waals surface area contributed by atoms with Crippen molar-refractivity contribution < 1.29 is 23.7 Å². The zero-order valence-electron chi connectivity index (χ0n) is 18.7. The highest BCUT2D eigenvalue weighted by Gasteiger charge is 2.29. The third kappa shape index (κ3) is 6.33. The number of rotatable bonds is 10. The van der Waals surface area contributed by atoms with E-state index in [1.54, 1.807) is 23.3 Å². The molecule has 3 rings (SSSR count). The molecule has 1 aliphatic heterocycles. The van der Waals surface area contributed by atoms with Crippen LogP contribution in [-0.2, 0) is 16.1 Å². The Bertz CT molecular complexity index is 975. The Morgan fingerprint density at radius 2 is 2.12 bits per heavy atom. The summed E-state index contributed by atoms with van der Waals surface area (Å²) in [6, 6.07) is 7.01. The fourth-order valence-corrected chi connectivity index (χ4v) is 3.97. The van der Waals surface area contributed by atoms with E-state index in [9.17, 15) is 19.7 Å². The molecular weight excluding hydrogens is 450 g/mol. The molecule has 9 nitrogen and oxygen atoms in total. The second-order valence-corrected chi connectivity index (χ2v) is 8.51. The predicted molar refractivity (Wildman–Crippen MR) is 122 cm³/mol. The first-order chi connectivity index (χ1) is 15.8. The third-order valence-corrected chi connectivity index (χ3v) is 6.12. The topological polar surface area (TPSA) is 106 Å². The van der Waals surface area contributed by atoms with E-state index >= 15 is 0 Å². The van der Waals surface area contributed by atoms with Gasteiger partial charge in [0.15, 0.2) is 0 Å². The maximum Gasteiger partial charge on any atom is 0.270 e. The average Bonchev–Trinajstić information content (AvgIpc) is 3.50. The van der Waals surface area contributed by atoms with E-state index in [0.717, 1.165) is 18.9 Å². The number of carbonyl (C=O) groups excluding carboxylic acids is 2. The van der Waals surface area contributed by atoms with Gasteiger partial charge in [0.2, 0.25) is 5.91 Å². The van der Waals surface area contributed by atoms with Crippen molar-refractivity contribution in [3.05, 3.63) is 63.1 Å². The van der Waals surface area contributed by atoms with Crippen molar-refractivity contribution in [2.24, 2.45) is 0 Å². The first kappa shape index (κ1) is 24.7. The van der Waals surface area contributed by atoms with Crippen molar-refractivity contribution in [2.45, 2.75) is 51.8 Å². The summed E-state index contributed by atoms with van der Waals surface area (Å²) >= 11 is 6.19. The standard InChI is InChI=1S/C23H28ClN3O6/c1-3-16(2)26(23(29)20-9-8-17(27(30)31)12-21(20)24)15-22(28)25(13-18-6-4-10-32-18)14-19-7-5-11-33-19/h4,6,8-10,12,16,19H,3,5,7,11,13-15H2,1-2H3/t16-,19+/m1/s1. The van der Waals surface area contributed by atoms with Crippen molar-refractivity contribution in [1.82, 2.24) is 9.80 Å². The minimum absolute atomic E-state index is 0.0262. The van der Waals surface area contributed by atoms with E-state index in [1.807, 2.05) is 13.8 Å². The maximum absolute atomic E-state index is 13.4. The Morgan fingerprint density at radius 1 is 1.33 bits per heavy atom. The number of hydrogen-bond acceptors (Lipinski definition) is 6. The number of carbonyl (C=O) groups is 2. The summed E-state index contributed by atoms with van der Waals surface area (Å²) in [5.74, 6) is -0.0533. The molecule has 0 spiro atoms. The molecule has 2 aromatic rings. The molecule has 1 saturated heterocycles. The Labute approximate surface area is 197 Å². The molecule has 0 bridgehead atoms. The zero-order valence-corrected chi connectivity index (χ0v) is 19.5. The van der Waals surface area contributed by atoms with Gasteiger partial charge in [0.05, 0.1) is 34.4 Å². The van der Waals surface area contributed by atoms with Crippen LogP contribution in [0.2, 0.25) is 5.02 Å². The van der Waals surface area contributed by atoms with Gasteiger partial charge in [-0.1, -0.05) is 18.5 Å². The van der Waals surface area contributed by atoms with E-state index in [2.05, 4.69) is 0 Å². The van der Waals surface area contributed by atoms with Gasteiger partial charge in [-0.25, -0.2) is 0 Å². The van der Waals surface area contributed by atoms with Gasteiger partial charge in [-0.3, -0.25) is 19.7 Å². The summed E-state index contributed by atoms with van der Waals surface area (Å²) in [6.07, 6.45) is 3.93. The van der Waals surface area contributed by atoms with Crippen molar-refractivity contribution in [3.63, 3.8) is 0 Å². The van der Waals surface area contributed by atoms with Gasteiger partial charge in [-0.05, 0) is 44.4 Å². The zero-order chi connectivity index (χ0) is 24.0. The summed E-state index contributed by atoms with van der Waals surface area (Å²) in [7, 11) is 0. The van der Waals surface area contributed by atoms with Gasteiger partial charge in [-0.2, -0.15) is 0 Å². The van der Waals surface area contributed by atoms with Crippen molar-refractivity contribution in [2.75, 3.05) is 19.7 Å². The van der Waals surface area contributed by atoms with Crippen LogP contribution in [0.4, 0.5) is 5.69 Å². The van der Waals surface area contributed by atoms with Gasteiger partial charge in [-0.15, -0.1) is 0 Å². The number of furan rings is 1. The molecular formula is C23H28ClN3O6. The first-order valence-electron chi connectivity index (χ1n) is 11.0. The second kappa shape index (κ2) is 11.3. The number of non-ortho nitro benzene ring substituents is 1. The van der Waals surface area contributed by atoms with E-state index in [1.165, 1.54) is 17.0 Å². The van der Waals surface area contributed by atoms with Crippen molar-refractivity contribution in [1.29, 1.82) is 0 Å².